The largest absolute Gasteiger partial charge is 0.493 e. The Morgan fingerprint density at radius 1 is 1.08 bits per heavy atom. The standard InChI is InChI=1S/C19H21ClN2O3/c1-13(2)12-25-17-8-6-16(7-9-17)22-19(24)18(23)21-11-14-4-3-5-15(20)10-14/h3-10,13H,11-12H2,1-2H3,(H,21,23)(H,22,24). The number of benzene rings is 2. The van der Waals surface area contributed by atoms with Crippen LogP contribution in [0.2, 0.25) is 5.02 Å². The molecule has 2 amide bonds. The number of carbonyl (C=O) groups excluding carboxylic acids is 2. The Hall–Kier alpha value is -2.53. The average molecular weight is 361 g/mol. The molecular formula is C19H21ClN2O3. The summed E-state index contributed by atoms with van der Waals surface area (Å²) < 4.78 is 5.57. The summed E-state index contributed by atoms with van der Waals surface area (Å²) in [7, 11) is 0. The molecule has 2 N–H and O–H groups in total. The summed E-state index contributed by atoms with van der Waals surface area (Å²) in [5, 5.41) is 5.68. The van der Waals surface area contributed by atoms with E-state index in [1.165, 1.54) is 0 Å². The van der Waals surface area contributed by atoms with Crippen molar-refractivity contribution >= 4 is 29.1 Å². The Balaban J connectivity index is 1.83. The molecule has 132 valence electrons. The van der Waals surface area contributed by atoms with Crippen LogP contribution in [0.3, 0.4) is 0 Å². The molecule has 0 aliphatic heterocycles. The first-order chi connectivity index (χ1) is 11.9. The normalized spacial score (nSPS) is 10.4. The third-order valence-electron chi connectivity index (χ3n) is 3.24. The summed E-state index contributed by atoms with van der Waals surface area (Å²) in [5.74, 6) is -0.280. The van der Waals surface area contributed by atoms with Crippen molar-refractivity contribution < 1.29 is 14.3 Å². The molecule has 0 aromatic heterocycles. The SMILES string of the molecule is CC(C)COc1ccc(NC(=O)C(=O)NCc2cccc(Cl)c2)cc1. The Morgan fingerprint density at radius 2 is 1.80 bits per heavy atom. The molecule has 0 aliphatic carbocycles. The lowest BCUT2D eigenvalue weighted by Crippen LogP contribution is -2.34. The van der Waals surface area contributed by atoms with Crippen molar-refractivity contribution in [3.63, 3.8) is 0 Å². The van der Waals surface area contributed by atoms with Gasteiger partial charge in [-0.15, -0.1) is 0 Å². The smallest absolute Gasteiger partial charge is 0.313 e. The van der Waals surface area contributed by atoms with E-state index in [9.17, 15) is 9.59 Å². The number of halogens is 1. The fraction of sp³-hybridized carbons (Fsp3) is 0.263. The molecular weight excluding hydrogens is 340 g/mol. The highest BCUT2D eigenvalue weighted by Gasteiger charge is 2.13. The summed E-state index contributed by atoms with van der Waals surface area (Å²) in [6.45, 7) is 4.99. The highest BCUT2D eigenvalue weighted by Crippen LogP contribution is 2.16. The van der Waals surface area contributed by atoms with E-state index in [1.807, 2.05) is 6.07 Å². The van der Waals surface area contributed by atoms with E-state index < -0.39 is 11.8 Å². The predicted molar refractivity (Wildman–Crippen MR) is 98.7 cm³/mol. The zero-order chi connectivity index (χ0) is 18.2. The van der Waals surface area contributed by atoms with Gasteiger partial charge in [-0.1, -0.05) is 37.6 Å². The lowest BCUT2D eigenvalue weighted by Gasteiger charge is -2.10. The van der Waals surface area contributed by atoms with Crippen LogP contribution in [0.25, 0.3) is 0 Å². The maximum absolute atomic E-state index is 11.9. The molecule has 2 aromatic rings. The van der Waals surface area contributed by atoms with Gasteiger partial charge in [0.2, 0.25) is 0 Å². The Kier molecular flexibility index (Phi) is 6.83. The monoisotopic (exact) mass is 360 g/mol. The predicted octanol–water partition coefficient (Wildman–Crippen LogP) is 3.63. The van der Waals surface area contributed by atoms with Crippen molar-refractivity contribution in [1.82, 2.24) is 5.32 Å². The molecule has 0 spiro atoms. The number of nitrogens with one attached hydrogen (secondary N) is 2. The first kappa shape index (κ1) is 18.8. The van der Waals surface area contributed by atoms with E-state index >= 15 is 0 Å². The lowest BCUT2D eigenvalue weighted by atomic mass is 10.2. The third kappa shape index (κ3) is 6.47. The maximum Gasteiger partial charge on any atom is 0.313 e. The Labute approximate surface area is 152 Å². The van der Waals surface area contributed by atoms with Crippen LogP contribution in [0.15, 0.2) is 48.5 Å². The van der Waals surface area contributed by atoms with Gasteiger partial charge in [0.1, 0.15) is 5.75 Å². The molecule has 0 bridgehead atoms. The van der Waals surface area contributed by atoms with Crippen LogP contribution < -0.4 is 15.4 Å². The minimum absolute atomic E-state index is 0.231. The second kappa shape index (κ2) is 9.08. The number of ether oxygens (including phenoxy) is 1. The number of amides is 2. The molecule has 2 aromatic carbocycles. The van der Waals surface area contributed by atoms with Crippen LogP contribution in [0, 0.1) is 5.92 Å². The maximum atomic E-state index is 11.9. The average Bonchev–Trinajstić information content (AvgIpc) is 2.59. The van der Waals surface area contributed by atoms with Gasteiger partial charge in [-0.25, -0.2) is 0 Å². The van der Waals surface area contributed by atoms with E-state index in [0.29, 0.717) is 23.2 Å². The molecule has 0 radical (unpaired) electrons. The molecule has 0 atom stereocenters. The minimum Gasteiger partial charge on any atom is -0.493 e. The molecule has 0 aliphatic rings. The van der Waals surface area contributed by atoms with Crippen molar-refractivity contribution in [2.24, 2.45) is 5.92 Å². The van der Waals surface area contributed by atoms with E-state index in [1.54, 1.807) is 42.5 Å². The molecule has 0 saturated heterocycles. The van der Waals surface area contributed by atoms with E-state index in [-0.39, 0.29) is 6.54 Å². The van der Waals surface area contributed by atoms with Gasteiger partial charge in [0.05, 0.1) is 6.61 Å². The molecule has 2 rings (SSSR count). The number of anilines is 1. The fourth-order valence-electron chi connectivity index (χ4n) is 1.99. The van der Waals surface area contributed by atoms with Gasteiger partial charge in [0, 0.05) is 17.3 Å². The highest BCUT2D eigenvalue weighted by molar-refractivity contribution is 6.39. The minimum atomic E-state index is -0.724. The third-order valence-corrected chi connectivity index (χ3v) is 3.48. The van der Waals surface area contributed by atoms with Crippen LogP contribution >= 0.6 is 11.6 Å². The van der Waals surface area contributed by atoms with Crippen molar-refractivity contribution in [3.8, 4) is 5.75 Å². The number of rotatable bonds is 6. The lowest BCUT2D eigenvalue weighted by molar-refractivity contribution is -0.136. The molecule has 5 nitrogen and oxygen atoms in total. The van der Waals surface area contributed by atoms with E-state index in [2.05, 4.69) is 24.5 Å². The van der Waals surface area contributed by atoms with Gasteiger partial charge >= 0.3 is 11.8 Å². The van der Waals surface area contributed by atoms with Crippen molar-refractivity contribution in [2.45, 2.75) is 20.4 Å². The molecule has 0 saturated carbocycles. The highest BCUT2D eigenvalue weighted by atomic mass is 35.5. The van der Waals surface area contributed by atoms with Crippen LogP contribution in [0.4, 0.5) is 5.69 Å². The van der Waals surface area contributed by atoms with Gasteiger partial charge in [0.25, 0.3) is 0 Å². The first-order valence-corrected chi connectivity index (χ1v) is 8.38. The summed E-state index contributed by atoms with van der Waals surface area (Å²) in [5.41, 5.74) is 1.35. The van der Waals surface area contributed by atoms with Gasteiger partial charge in [0.15, 0.2) is 0 Å². The van der Waals surface area contributed by atoms with Gasteiger partial charge < -0.3 is 15.4 Å². The van der Waals surface area contributed by atoms with Crippen LogP contribution in [0.5, 0.6) is 5.75 Å². The molecule has 6 heteroatoms. The molecule has 0 unspecified atom stereocenters. The molecule has 0 heterocycles. The topological polar surface area (TPSA) is 67.4 Å². The summed E-state index contributed by atoms with van der Waals surface area (Å²) >= 11 is 5.88. The first-order valence-electron chi connectivity index (χ1n) is 8.00. The Bertz CT molecular complexity index is 730. The molecule has 0 fully saturated rings. The fourth-order valence-corrected chi connectivity index (χ4v) is 2.21. The van der Waals surface area contributed by atoms with Crippen molar-refractivity contribution in [1.29, 1.82) is 0 Å². The summed E-state index contributed by atoms with van der Waals surface area (Å²) in [6, 6.07) is 14.0. The summed E-state index contributed by atoms with van der Waals surface area (Å²) in [4.78, 5) is 23.8. The van der Waals surface area contributed by atoms with Crippen LogP contribution in [-0.4, -0.2) is 18.4 Å². The van der Waals surface area contributed by atoms with Crippen molar-refractivity contribution in [3.05, 3.63) is 59.1 Å². The van der Waals surface area contributed by atoms with Crippen LogP contribution in [-0.2, 0) is 16.1 Å². The van der Waals surface area contributed by atoms with Gasteiger partial charge in [-0.3, -0.25) is 9.59 Å². The number of hydrogen-bond acceptors (Lipinski definition) is 3. The van der Waals surface area contributed by atoms with Crippen LogP contribution in [0.1, 0.15) is 19.4 Å². The summed E-state index contributed by atoms with van der Waals surface area (Å²) in [6.07, 6.45) is 0. The zero-order valence-corrected chi connectivity index (χ0v) is 15.0. The number of carbonyl (C=O) groups is 2. The van der Waals surface area contributed by atoms with Gasteiger partial charge in [-0.2, -0.15) is 0 Å². The zero-order valence-electron chi connectivity index (χ0n) is 14.2. The van der Waals surface area contributed by atoms with E-state index in [4.69, 9.17) is 16.3 Å². The van der Waals surface area contributed by atoms with E-state index in [0.717, 1.165) is 11.3 Å². The molecule has 25 heavy (non-hydrogen) atoms. The van der Waals surface area contributed by atoms with Crippen molar-refractivity contribution in [2.75, 3.05) is 11.9 Å². The number of hydrogen-bond donors (Lipinski definition) is 2. The second-order valence-electron chi connectivity index (χ2n) is 6.00. The Morgan fingerprint density at radius 3 is 2.44 bits per heavy atom. The quantitative estimate of drug-likeness (QED) is 0.773. The van der Waals surface area contributed by atoms with Gasteiger partial charge in [-0.05, 0) is 47.9 Å². The second-order valence-corrected chi connectivity index (χ2v) is 6.43.